The second kappa shape index (κ2) is 5.32. The van der Waals surface area contributed by atoms with Gasteiger partial charge >= 0.3 is 13.1 Å². The largest absolute Gasteiger partial charge is 0.481 e. The van der Waals surface area contributed by atoms with E-state index in [0.29, 0.717) is 12.8 Å². The zero-order chi connectivity index (χ0) is 15.1. The molecule has 3 unspecified atom stereocenters. The number of hydrogen-bond acceptors (Lipinski definition) is 4. The molecule has 5 nitrogen and oxygen atoms in total. The molecule has 1 saturated carbocycles. The van der Waals surface area contributed by atoms with Gasteiger partial charge in [0.2, 0.25) is 0 Å². The van der Waals surface area contributed by atoms with E-state index in [4.69, 9.17) is 15.0 Å². The molecule has 1 aliphatic carbocycles. The molecule has 0 aromatic carbocycles. The smallest absolute Gasteiger partial charge is 0.462 e. The number of carboxylic acids is 1. The van der Waals surface area contributed by atoms with E-state index in [-0.39, 0.29) is 11.9 Å². The lowest BCUT2D eigenvalue weighted by molar-refractivity contribution is -0.142. The summed E-state index contributed by atoms with van der Waals surface area (Å²) in [5.74, 6) is -1.37. The normalized spacial score (nSPS) is 36.6. The summed E-state index contributed by atoms with van der Waals surface area (Å²) < 4.78 is 12.1. The molecule has 0 aromatic rings. The maximum atomic E-state index is 11.6. The molecule has 1 saturated heterocycles. The van der Waals surface area contributed by atoms with Crippen LogP contribution in [0.3, 0.4) is 0 Å². The lowest BCUT2D eigenvalue weighted by Crippen LogP contribution is -2.41. The molecule has 114 valence electrons. The fraction of sp³-hybridized carbons (Fsp3) is 0.929. The molecule has 0 amide bonds. The second-order valence-corrected chi connectivity index (χ2v) is 7.16. The highest BCUT2D eigenvalue weighted by atomic mass is 16.7. The van der Waals surface area contributed by atoms with E-state index >= 15 is 0 Å². The van der Waals surface area contributed by atoms with Crippen LogP contribution in [0, 0.1) is 5.92 Å². The van der Waals surface area contributed by atoms with E-state index in [2.05, 4.69) is 0 Å². The number of nitrogens with two attached hydrogens (primary N) is 1. The first-order valence-corrected chi connectivity index (χ1v) is 7.48. The van der Waals surface area contributed by atoms with Crippen LogP contribution in [-0.2, 0) is 14.1 Å². The summed E-state index contributed by atoms with van der Waals surface area (Å²) in [7, 11) is -0.481. The zero-order valence-corrected chi connectivity index (χ0v) is 12.9. The third-order valence-electron chi connectivity index (χ3n) is 5.12. The predicted molar refractivity (Wildman–Crippen MR) is 77.4 cm³/mol. The standard InChI is InChI=1S/C14H26BNO4/c1-13(2)14(3,4)20-15(19-13)11-8-9(16)6-5-7-10(11)12(17)18/h9-11H,5-8,16H2,1-4H3,(H,17,18). The van der Waals surface area contributed by atoms with Crippen LogP contribution in [0.5, 0.6) is 0 Å². The molecule has 3 atom stereocenters. The lowest BCUT2D eigenvalue weighted by atomic mass is 9.62. The number of carbonyl (C=O) groups is 1. The Labute approximate surface area is 121 Å². The van der Waals surface area contributed by atoms with Crippen LogP contribution in [0.25, 0.3) is 0 Å². The number of aliphatic carboxylic acids is 1. The molecule has 3 N–H and O–H groups in total. The summed E-state index contributed by atoms with van der Waals surface area (Å²) in [4.78, 5) is 11.6. The van der Waals surface area contributed by atoms with Crippen LogP contribution in [-0.4, -0.2) is 35.4 Å². The summed E-state index contributed by atoms with van der Waals surface area (Å²) >= 11 is 0. The number of carboxylic acid groups (broad SMARTS) is 1. The van der Waals surface area contributed by atoms with Crippen LogP contribution >= 0.6 is 0 Å². The van der Waals surface area contributed by atoms with E-state index in [9.17, 15) is 9.90 Å². The summed E-state index contributed by atoms with van der Waals surface area (Å²) in [6.07, 6.45) is 3.03. The van der Waals surface area contributed by atoms with Gasteiger partial charge in [-0.3, -0.25) is 4.79 Å². The Morgan fingerprint density at radius 3 is 2.25 bits per heavy atom. The van der Waals surface area contributed by atoms with Crippen molar-refractivity contribution in [3.63, 3.8) is 0 Å². The Balaban J connectivity index is 2.21. The maximum absolute atomic E-state index is 11.6. The lowest BCUT2D eigenvalue weighted by Gasteiger charge is -2.32. The molecule has 0 radical (unpaired) electrons. The van der Waals surface area contributed by atoms with Crippen LogP contribution < -0.4 is 5.73 Å². The number of hydrogen-bond donors (Lipinski definition) is 2. The van der Waals surface area contributed by atoms with E-state index in [1.54, 1.807) is 0 Å². The Bertz CT molecular complexity index is 369. The third-order valence-corrected chi connectivity index (χ3v) is 5.12. The highest BCUT2D eigenvalue weighted by Crippen LogP contribution is 2.45. The van der Waals surface area contributed by atoms with Crippen molar-refractivity contribution in [3.8, 4) is 0 Å². The van der Waals surface area contributed by atoms with Gasteiger partial charge in [-0.2, -0.15) is 0 Å². The number of rotatable bonds is 2. The topological polar surface area (TPSA) is 81.8 Å². The minimum absolute atomic E-state index is 0.0309. The maximum Gasteiger partial charge on any atom is 0.462 e. The third kappa shape index (κ3) is 2.87. The van der Waals surface area contributed by atoms with Crippen molar-refractivity contribution in [1.29, 1.82) is 0 Å². The zero-order valence-electron chi connectivity index (χ0n) is 12.9. The Hall–Kier alpha value is -0.585. The molecule has 0 aromatic heterocycles. The van der Waals surface area contributed by atoms with Crippen molar-refractivity contribution in [1.82, 2.24) is 0 Å². The average Bonchev–Trinajstić information content (AvgIpc) is 2.47. The van der Waals surface area contributed by atoms with Crippen LogP contribution in [0.4, 0.5) is 0 Å². The molecule has 2 rings (SSSR count). The summed E-state index contributed by atoms with van der Waals surface area (Å²) in [5, 5.41) is 9.49. The molecule has 6 heteroatoms. The summed E-state index contributed by atoms with van der Waals surface area (Å²) in [6.45, 7) is 7.94. The van der Waals surface area contributed by atoms with E-state index in [1.165, 1.54) is 0 Å². The van der Waals surface area contributed by atoms with Gasteiger partial charge in [-0.1, -0.05) is 6.42 Å². The van der Waals surface area contributed by atoms with Gasteiger partial charge in [-0.15, -0.1) is 0 Å². The van der Waals surface area contributed by atoms with Crippen molar-refractivity contribution in [2.45, 2.75) is 76.4 Å². The molecule has 1 heterocycles. The Morgan fingerprint density at radius 1 is 1.20 bits per heavy atom. The SMILES string of the molecule is CC1(C)OB(C2CC(N)CCCC2C(=O)O)OC1(C)C. The molecule has 0 spiro atoms. The fourth-order valence-corrected chi connectivity index (χ4v) is 3.12. The van der Waals surface area contributed by atoms with Gasteiger partial charge in [0.1, 0.15) is 0 Å². The van der Waals surface area contributed by atoms with Crippen molar-refractivity contribution < 1.29 is 19.2 Å². The minimum Gasteiger partial charge on any atom is -0.481 e. The van der Waals surface area contributed by atoms with Crippen molar-refractivity contribution >= 4 is 13.1 Å². The summed E-state index contributed by atoms with van der Waals surface area (Å²) in [5.41, 5.74) is 5.22. The van der Waals surface area contributed by atoms with Gasteiger partial charge in [0, 0.05) is 11.9 Å². The fourth-order valence-electron chi connectivity index (χ4n) is 3.12. The van der Waals surface area contributed by atoms with Gasteiger partial charge in [0.15, 0.2) is 0 Å². The van der Waals surface area contributed by atoms with Crippen LogP contribution in [0.1, 0.15) is 53.4 Å². The highest BCUT2D eigenvalue weighted by Gasteiger charge is 2.56. The molecular formula is C14H26BNO4. The van der Waals surface area contributed by atoms with Crippen molar-refractivity contribution in [3.05, 3.63) is 0 Å². The minimum atomic E-state index is -0.765. The quantitative estimate of drug-likeness (QED) is 0.598. The predicted octanol–water partition coefficient (Wildman–Crippen LogP) is 2.05. The molecule has 1 aliphatic heterocycles. The van der Waals surface area contributed by atoms with Gasteiger partial charge < -0.3 is 20.1 Å². The van der Waals surface area contributed by atoms with Crippen molar-refractivity contribution in [2.24, 2.45) is 11.7 Å². The molecular weight excluding hydrogens is 257 g/mol. The first-order valence-electron chi connectivity index (χ1n) is 7.48. The first kappa shape index (κ1) is 15.8. The Kier molecular flexibility index (Phi) is 4.20. The van der Waals surface area contributed by atoms with Gasteiger partial charge in [-0.25, -0.2) is 0 Å². The molecule has 20 heavy (non-hydrogen) atoms. The van der Waals surface area contributed by atoms with Gasteiger partial charge in [0.25, 0.3) is 0 Å². The average molecular weight is 283 g/mol. The molecule has 2 aliphatic rings. The Morgan fingerprint density at radius 2 is 1.75 bits per heavy atom. The molecule has 0 bridgehead atoms. The second-order valence-electron chi connectivity index (χ2n) is 7.16. The monoisotopic (exact) mass is 283 g/mol. The van der Waals surface area contributed by atoms with Crippen molar-refractivity contribution in [2.75, 3.05) is 0 Å². The summed E-state index contributed by atoms with van der Waals surface area (Å²) in [6, 6.07) is 0.0309. The molecule has 2 fully saturated rings. The van der Waals surface area contributed by atoms with E-state index < -0.39 is 30.2 Å². The van der Waals surface area contributed by atoms with Gasteiger partial charge in [-0.05, 0) is 47.0 Å². The first-order chi connectivity index (χ1) is 9.14. The van der Waals surface area contributed by atoms with Crippen LogP contribution in [0.15, 0.2) is 0 Å². The highest BCUT2D eigenvalue weighted by molar-refractivity contribution is 6.48. The van der Waals surface area contributed by atoms with E-state index in [0.717, 1.165) is 12.8 Å². The van der Waals surface area contributed by atoms with Gasteiger partial charge in [0.05, 0.1) is 17.1 Å². The van der Waals surface area contributed by atoms with E-state index in [1.807, 2.05) is 27.7 Å². The van der Waals surface area contributed by atoms with Crippen LogP contribution in [0.2, 0.25) is 5.82 Å².